The summed E-state index contributed by atoms with van der Waals surface area (Å²) in [6, 6.07) is 3.88. The van der Waals surface area contributed by atoms with Crippen molar-refractivity contribution in [3.63, 3.8) is 0 Å². The van der Waals surface area contributed by atoms with E-state index in [9.17, 15) is 0 Å². The van der Waals surface area contributed by atoms with Crippen LogP contribution < -0.4 is 0 Å². The molecule has 0 aromatic carbocycles. The van der Waals surface area contributed by atoms with Gasteiger partial charge in [0.2, 0.25) is 0 Å². The van der Waals surface area contributed by atoms with Crippen molar-refractivity contribution in [1.29, 1.82) is 5.26 Å². The van der Waals surface area contributed by atoms with Crippen LogP contribution >= 0.6 is 27.5 Å². The molecule has 1 rings (SSSR count). The Morgan fingerprint density at radius 2 is 2.31 bits per heavy atom. The Morgan fingerprint density at radius 3 is 2.81 bits per heavy atom. The molecule has 1 aromatic rings. The second kappa shape index (κ2) is 6.29. The molecule has 0 aliphatic heterocycles. The van der Waals surface area contributed by atoms with E-state index in [1.807, 2.05) is 4.57 Å². The number of rotatable bonds is 5. The van der Waals surface area contributed by atoms with E-state index in [0.717, 1.165) is 17.4 Å². The minimum absolute atomic E-state index is 0.109. The number of halogens is 2. The summed E-state index contributed by atoms with van der Waals surface area (Å²) in [4.78, 5) is 0. The molecule has 0 radical (unpaired) electrons. The van der Waals surface area contributed by atoms with Crippen molar-refractivity contribution in [2.75, 3.05) is 6.61 Å². The maximum absolute atomic E-state index is 9.04. The Morgan fingerprint density at radius 1 is 1.62 bits per heavy atom. The highest BCUT2D eigenvalue weighted by molar-refractivity contribution is 9.10. The Hall–Kier alpha value is -0.500. The van der Waals surface area contributed by atoms with Crippen molar-refractivity contribution in [3.8, 4) is 6.07 Å². The lowest BCUT2D eigenvalue weighted by molar-refractivity contribution is 0.250. The van der Waals surface area contributed by atoms with E-state index in [4.69, 9.17) is 22.0 Å². The van der Waals surface area contributed by atoms with Crippen LogP contribution in [0.2, 0.25) is 5.02 Å². The van der Waals surface area contributed by atoms with Gasteiger partial charge in [-0.2, -0.15) is 5.26 Å². The van der Waals surface area contributed by atoms with Crippen molar-refractivity contribution in [2.45, 2.75) is 32.2 Å². The van der Waals surface area contributed by atoms with Gasteiger partial charge in [-0.25, -0.2) is 0 Å². The maximum Gasteiger partial charge on any atom is 0.122 e. The highest BCUT2D eigenvalue weighted by Gasteiger charge is 2.18. The van der Waals surface area contributed by atoms with Gasteiger partial charge in [0.05, 0.1) is 5.02 Å². The van der Waals surface area contributed by atoms with Crippen LogP contribution in [0.5, 0.6) is 0 Å². The zero-order valence-electron chi connectivity index (χ0n) is 9.08. The zero-order chi connectivity index (χ0) is 12.1. The van der Waals surface area contributed by atoms with Crippen molar-refractivity contribution in [3.05, 3.63) is 21.4 Å². The summed E-state index contributed by atoms with van der Waals surface area (Å²) >= 11 is 9.36. The SMILES string of the molecule is CCC[C@H](CCO)n1c(C#N)cc(Cl)c1Br. The fourth-order valence-electron chi connectivity index (χ4n) is 1.80. The number of aliphatic hydroxyl groups excluding tert-OH is 1. The number of aliphatic hydroxyl groups is 1. The third-order valence-corrected chi connectivity index (χ3v) is 3.82. The summed E-state index contributed by atoms with van der Waals surface area (Å²) in [6.07, 6.45) is 2.54. The highest BCUT2D eigenvalue weighted by Crippen LogP contribution is 2.32. The average molecular weight is 306 g/mol. The molecule has 0 aliphatic rings. The molecule has 1 atom stereocenters. The molecular formula is C11H14BrClN2O. The molecule has 0 spiro atoms. The standard InChI is InChI=1S/C11H14BrClN2O/c1-2-3-8(4-5-16)15-9(7-14)6-10(13)11(15)12/h6,8,16H,2-5H2,1H3/t8-/m1/s1. The van der Waals surface area contributed by atoms with Gasteiger partial charge in [-0.05, 0) is 34.8 Å². The van der Waals surface area contributed by atoms with Crippen LogP contribution in [0.15, 0.2) is 10.7 Å². The highest BCUT2D eigenvalue weighted by atomic mass is 79.9. The van der Waals surface area contributed by atoms with Crippen molar-refractivity contribution in [2.24, 2.45) is 0 Å². The number of hydrogen-bond acceptors (Lipinski definition) is 2. The van der Waals surface area contributed by atoms with Gasteiger partial charge in [-0.3, -0.25) is 0 Å². The maximum atomic E-state index is 9.04. The summed E-state index contributed by atoms with van der Waals surface area (Å²) in [7, 11) is 0. The minimum Gasteiger partial charge on any atom is -0.396 e. The number of aromatic nitrogens is 1. The average Bonchev–Trinajstić information content (AvgIpc) is 2.55. The molecule has 88 valence electrons. The Balaban J connectivity index is 3.12. The van der Waals surface area contributed by atoms with Crippen molar-refractivity contribution in [1.82, 2.24) is 4.57 Å². The van der Waals surface area contributed by atoms with Crippen molar-refractivity contribution >= 4 is 27.5 Å². The first-order valence-electron chi connectivity index (χ1n) is 5.22. The topological polar surface area (TPSA) is 49.0 Å². The van der Waals surface area contributed by atoms with Crippen LogP contribution in [0.25, 0.3) is 0 Å². The predicted molar refractivity (Wildman–Crippen MR) is 67.5 cm³/mol. The number of hydrogen-bond donors (Lipinski definition) is 1. The summed E-state index contributed by atoms with van der Waals surface area (Å²) in [6.45, 7) is 2.19. The van der Waals surface area contributed by atoms with E-state index >= 15 is 0 Å². The monoisotopic (exact) mass is 304 g/mol. The number of nitrogens with zero attached hydrogens (tertiary/aromatic N) is 2. The van der Waals surface area contributed by atoms with Crippen LogP contribution in [0, 0.1) is 11.3 Å². The fourth-order valence-corrected chi connectivity index (χ4v) is 2.59. The van der Waals surface area contributed by atoms with Crippen LogP contribution in [0.3, 0.4) is 0 Å². The summed E-state index contributed by atoms with van der Waals surface area (Å²) in [5, 5.41) is 18.6. The molecule has 16 heavy (non-hydrogen) atoms. The Labute approximate surface area is 109 Å². The third kappa shape index (κ3) is 2.79. The van der Waals surface area contributed by atoms with Crippen LogP contribution in [0.4, 0.5) is 0 Å². The predicted octanol–water partition coefficient (Wildman–Crippen LogP) is 3.50. The van der Waals surface area contributed by atoms with E-state index in [1.54, 1.807) is 6.07 Å². The molecule has 1 heterocycles. The minimum atomic E-state index is 0.109. The van der Waals surface area contributed by atoms with Gasteiger partial charge >= 0.3 is 0 Å². The fraction of sp³-hybridized carbons (Fsp3) is 0.545. The molecular weight excluding hydrogens is 291 g/mol. The summed E-state index contributed by atoms with van der Waals surface area (Å²) in [5.74, 6) is 0. The molecule has 0 aliphatic carbocycles. The lowest BCUT2D eigenvalue weighted by atomic mass is 10.1. The molecule has 0 saturated carbocycles. The largest absolute Gasteiger partial charge is 0.396 e. The van der Waals surface area contributed by atoms with Gasteiger partial charge in [0.1, 0.15) is 16.4 Å². The van der Waals surface area contributed by atoms with E-state index in [2.05, 4.69) is 28.9 Å². The molecule has 3 nitrogen and oxygen atoms in total. The Kier molecular flexibility index (Phi) is 5.33. The van der Waals surface area contributed by atoms with E-state index in [0.29, 0.717) is 17.1 Å². The third-order valence-electron chi connectivity index (χ3n) is 2.50. The van der Waals surface area contributed by atoms with E-state index in [1.165, 1.54) is 0 Å². The quantitative estimate of drug-likeness (QED) is 0.905. The molecule has 5 heteroatoms. The molecule has 0 fully saturated rings. The van der Waals surface area contributed by atoms with Gasteiger partial charge < -0.3 is 9.67 Å². The normalized spacial score (nSPS) is 12.4. The van der Waals surface area contributed by atoms with Gasteiger partial charge in [0.25, 0.3) is 0 Å². The van der Waals surface area contributed by atoms with Gasteiger partial charge in [0.15, 0.2) is 0 Å². The molecule has 0 unspecified atom stereocenters. The van der Waals surface area contributed by atoms with Crippen LogP contribution in [-0.2, 0) is 0 Å². The van der Waals surface area contributed by atoms with Crippen molar-refractivity contribution < 1.29 is 5.11 Å². The molecule has 0 bridgehead atoms. The lowest BCUT2D eigenvalue weighted by Crippen LogP contribution is -2.12. The zero-order valence-corrected chi connectivity index (χ0v) is 11.4. The first-order chi connectivity index (χ1) is 7.65. The molecule has 1 N–H and O–H groups in total. The molecule has 1 aromatic heterocycles. The first-order valence-corrected chi connectivity index (χ1v) is 6.40. The molecule has 0 saturated heterocycles. The van der Waals surface area contributed by atoms with E-state index < -0.39 is 0 Å². The van der Waals surface area contributed by atoms with Gasteiger partial charge in [-0.1, -0.05) is 24.9 Å². The lowest BCUT2D eigenvalue weighted by Gasteiger charge is -2.19. The summed E-state index contributed by atoms with van der Waals surface area (Å²) < 4.78 is 2.58. The van der Waals surface area contributed by atoms with Crippen LogP contribution in [-0.4, -0.2) is 16.3 Å². The number of nitriles is 1. The Bertz CT molecular complexity index is 391. The van der Waals surface area contributed by atoms with E-state index in [-0.39, 0.29) is 12.6 Å². The first kappa shape index (κ1) is 13.6. The van der Waals surface area contributed by atoms with Gasteiger partial charge in [-0.15, -0.1) is 0 Å². The summed E-state index contributed by atoms with van der Waals surface area (Å²) in [5.41, 5.74) is 0.531. The van der Waals surface area contributed by atoms with Gasteiger partial charge in [0, 0.05) is 12.6 Å². The van der Waals surface area contributed by atoms with Crippen LogP contribution in [0.1, 0.15) is 37.9 Å². The second-order valence-corrected chi connectivity index (χ2v) is 4.76. The smallest absolute Gasteiger partial charge is 0.122 e. The second-order valence-electron chi connectivity index (χ2n) is 3.60. The molecule has 0 amide bonds.